The number of fused-ring (bicyclic) bond motifs is 1. The first-order valence-corrected chi connectivity index (χ1v) is 4.35. The molecule has 1 aromatic carbocycles. The molecule has 1 atom stereocenters. The zero-order valence-electron chi connectivity index (χ0n) is 8.01. The molecule has 0 bridgehead atoms. The molecule has 0 saturated heterocycles. The molecule has 0 unspecified atom stereocenters. The summed E-state index contributed by atoms with van der Waals surface area (Å²) in [7, 11) is 0. The smallest absolute Gasteiger partial charge is 0.118 e. The van der Waals surface area contributed by atoms with Crippen molar-refractivity contribution < 1.29 is 1.41 Å². The van der Waals surface area contributed by atoms with Crippen LogP contribution >= 0.6 is 0 Å². The number of hydrogen-bond acceptors (Lipinski definition) is 2. The Balaban J connectivity index is 2.11. The van der Waals surface area contributed by atoms with Gasteiger partial charge in [-0.05, 0) is 17.5 Å². The lowest BCUT2D eigenvalue weighted by Crippen LogP contribution is -2.40. The van der Waals surface area contributed by atoms with Crippen LogP contribution in [-0.4, -0.2) is 12.6 Å². The van der Waals surface area contributed by atoms with Crippen molar-refractivity contribution >= 4 is 0 Å². The van der Waals surface area contributed by atoms with Crippen LogP contribution in [0.1, 0.15) is 11.1 Å². The van der Waals surface area contributed by atoms with Gasteiger partial charge in [0.05, 0.1) is 0 Å². The summed E-state index contributed by atoms with van der Waals surface area (Å²) in [6.45, 7) is 1.65. The second-order valence-electron chi connectivity index (χ2n) is 3.25. The lowest BCUT2D eigenvalue weighted by Gasteiger charge is -2.24. The van der Waals surface area contributed by atoms with Gasteiger partial charge in [0.1, 0.15) is 1.41 Å². The average Bonchev–Trinajstić information content (AvgIpc) is 2.18. The van der Waals surface area contributed by atoms with Crippen molar-refractivity contribution in [2.24, 2.45) is 5.73 Å². The highest BCUT2D eigenvalue weighted by Gasteiger charge is 2.14. The molecule has 2 nitrogen and oxygen atoms in total. The van der Waals surface area contributed by atoms with Crippen LogP contribution in [0.2, 0.25) is 1.41 Å². The molecule has 0 saturated carbocycles. The third-order valence-electron chi connectivity index (χ3n) is 2.41. The van der Waals surface area contributed by atoms with Gasteiger partial charge < -0.3 is 11.0 Å². The Morgan fingerprint density at radius 2 is 2.33 bits per heavy atom. The van der Waals surface area contributed by atoms with E-state index in [1.54, 1.807) is 0 Å². The molecule has 1 aliphatic heterocycles. The normalized spacial score (nSPS) is 23.0. The van der Waals surface area contributed by atoms with Crippen molar-refractivity contribution in [2.45, 2.75) is 19.0 Å². The van der Waals surface area contributed by atoms with Crippen LogP contribution in [0, 0.1) is 0 Å². The molecule has 12 heavy (non-hydrogen) atoms. The number of hydrogen-bond donors (Lipinski definition) is 2. The standard InChI is InChI=1S/C10H14N2/c11-6-10-5-8-3-1-2-4-9(8)7-12-10/h1-4,10,12H,5-7,11H2/t10-/m1/s1/i/hD. The molecule has 0 amide bonds. The molecule has 2 heteroatoms. The first kappa shape index (κ1) is 6.63. The van der Waals surface area contributed by atoms with Gasteiger partial charge in [-0.2, -0.15) is 0 Å². The average molecular weight is 163 g/mol. The monoisotopic (exact) mass is 163 g/mol. The topological polar surface area (TPSA) is 38.0 Å². The molecule has 64 valence electrons. The fraction of sp³-hybridized carbons (Fsp3) is 0.400. The molecule has 0 aliphatic carbocycles. The van der Waals surface area contributed by atoms with Gasteiger partial charge in [0, 0.05) is 19.1 Å². The van der Waals surface area contributed by atoms with Crippen LogP contribution in [0.15, 0.2) is 24.3 Å². The molecule has 1 aliphatic rings. The lowest BCUT2D eigenvalue weighted by atomic mass is 9.96. The summed E-state index contributed by atoms with van der Waals surface area (Å²) < 4.78 is 6.93. The van der Waals surface area contributed by atoms with E-state index in [1.165, 1.54) is 11.1 Å². The Morgan fingerprint density at radius 3 is 3.17 bits per heavy atom. The van der Waals surface area contributed by atoms with Gasteiger partial charge in [-0.1, -0.05) is 24.3 Å². The number of rotatable bonds is 2. The van der Waals surface area contributed by atoms with E-state index in [0.717, 1.165) is 13.0 Å². The Hall–Kier alpha value is -0.860. The van der Waals surface area contributed by atoms with Crippen molar-refractivity contribution in [2.75, 3.05) is 6.54 Å². The van der Waals surface area contributed by atoms with Gasteiger partial charge in [-0.3, -0.25) is 0 Å². The molecule has 0 radical (unpaired) electrons. The first-order valence-electron chi connectivity index (χ1n) is 4.85. The molecule has 0 aromatic heterocycles. The predicted molar refractivity (Wildman–Crippen MR) is 49.8 cm³/mol. The second kappa shape index (κ2) is 3.25. The lowest BCUT2D eigenvalue weighted by molar-refractivity contribution is 0.487. The van der Waals surface area contributed by atoms with E-state index in [4.69, 9.17) is 1.41 Å². The minimum absolute atomic E-state index is 0.410. The van der Waals surface area contributed by atoms with Gasteiger partial charge >= 0.3 is 0 Å². The van der Waals surface area contributed by atoms with Crippen LogP contribution in [0.25, 0.3) is 0 Å². The largest absolute Gasteiger partial charge is 0.329 e. The number of nitrogens with two attached hydrogens (primary N) is 1. The third kappa shape index (κ3) is 1.36. The zero-order chi connectivity index (χ0) is 9.10. The van der Waals surface area contributed by atoms with Crippen molar-refractivity contribution in [1.29, 1.82) is 0 Å². The minimum atomic E-state index is 0.410. The van der Waals surface area contributed by atoms with Gasteiger partial charge in [-0.25, -0.2) is 0 Å². The van der Waals surface area contributed by atoms with Crippen LogP contribution in [-0.2, 0) is 13.0 Å². The first-order chi connectivity index (χ1) is 6.40. The number of benzene rings is 1. The van der Waals surface area contributed by atoms with Crippen molar-refractivity contribution in [3.63, 3.8) is 0 Å². The molecule has 1 aromatic rings. The molecular weight excluding hydrogens is 148 g/mol. The molecule has 0 fully saturated rings. The summed E-state index contributed by atoms with van der Waals surface area (Å²) in [6.07, 6.45) is 1.03. The molecular formula is C10H14N2. The Labute approximate surface area is 74.2 Å². The molecule has 0 spiro atoms. The van der Waals surface area contributed by atoms with E-state index in [9.17, 15) is 0 Å². The van der Waals surface area contributed by atoms with Gasteiger partial charge in [-0.15, -0.1) is 0 Å². The maximum atomic E-state index is 6.93. The zero-order valence-corrected chi connectivity index (χ0v) is 7.01. The summed E-state index contributed by atoms with van der Waals surface area (Å²) in [5.41, 5.74) is 5.27. The Kier molecular flexibility index (Phi) is 1.80. The predicted octanol–water partition coefficient (Wildman–Crippen LogP) is 0.660. The second-order valence-corrected chi connectivity index (χ2v) is 3.25. The van der Waals surface area contributed by atoms with E-state index < -0.39 is 0 Å². The van der Waals surface area contributed by atoms with Gasteiger partial charge in [0.2, 0.25) is 0 Å². The third-order valence-corrected chi connectivity index (χ3v) is 2.41. The minimum Gasteiger partial charge on any atom is -0.329 e. The summed E-state index contributed by atoms with van der Waals surface area (Å²) in [5, 5.41) is 3.39. The fourth-order valence-corrected chi connectivity index (χ4v) is 1.67. The van der Waals surface area contributed by atoms with E-state index in [2.05, 4.69) is 35.3 Å². The molecule has 3 N–H and O–H groups in total. The summed E-state index contributed by atoms with van der Waals surface area (Å²) in [6, 6.07) is 8.89. The summed E-state index contributed by atoms with van der Waals surface area (Å²) in [5.74, 6) is 0. The van der Waals surface area contributed by atoms with Crippen LogP contribution < -0.4 is 11.0 Å². The summed E-state index contributed by atoms with van der Waals surface area (Å²) >= 11 is 0. The Morgan fingerprint density at radius 1 is 1.50 bits per heavy atom. The SMILES string of the molecule is [2H]NC[C@H]1Cc2ccccc2CN1. The fourth-order valence-electron chi connectivity index (χ4n) is 1.67. The van der Waals surface area contributed by atoms with Crippen LogP contribution in [0.4, 0.5) is 0 Å². The molecule has 2 rings (SSSR count). The highest BCUT2D eigenvalue weighted by atomic mass is 14.9. The molecule has 1 heterocycles. The highest BCUT2D eigenvalue weighted by Crippen LogP contribution is 2.15. The van der Waals surface area contributed by atoms with Crippen LogP contribution in [0.5, 0.6) is 0 Å². The quantitative estimate of drug-likeness (QED) is 0.672. The van der Waals surface area contributed by atoms with Gasteiger partial charge in [0.15, 0.2) is 0 Å². The van der Waals surface area contributed by atoms with Crippen molar-refractivity contribution in [3.8, 4) is 0 Å². The number of nitrogens with one attached hydrogen (secondary N) is 1. The maximum absolute atomic E-state index is 6.93. The maximum Gasteiger partial charge on any atom is 0.118 e. The van der Waals surface area contributed by atoms with Gasteiger partial charge in [0.25, 0.3) is 0 Å². The van der Waals surface area contributed by atoms with E-state index >= 15 is 0 Å². The van der Waals surface area contributed by atoms with Crippen molar-refractivity contribution in [3.05, 3.63) is 35.4 Å². The van der Waals surface area contributed by atoms with E-state index in [-0.39, 0.29) is 0 Å². The van der Waals surface area contributed by atoms with E-state index in [0.29, 0.717) is 12.6 Å². The van der Waals surface area contributed by atoms with Crippen LogP contribution in [0.3, 0.4) is 0 Å². The highest BCUT2D eigenvalue weighted by molar-refractivity contribution is 5.29. The van der Waals surface area contributed by atoms with Crippen molar-refractivity contribution in [1.82, 2.24) is 5.32 Å². The summed E-state index contributed by atoms with van der Waals surface area (Å²) in [4.78, 5) is 0. The van der Waals surface area contributed by atoms with E-state index in [1.807, 2.05) is 0 Å². The Bertz CT molecular complexity index is 288.